The van der Waals surface area contributed by atoms with Crippen molar-refractivity contribution in [2.24, 2.45) is 0 Å². The van der Waals surface area contributed by atoms with Gasteiger partial charge in [-0.1, -0.05) is 0 Å². The van der Waals surface area contributed by atoms with Gasteiger partial charge in [0.25, 0.3) is 0 Å². The van der Waals surface area contributed by atoms with Gasteiger partial charge in [0.05, 0.1) is 0 Å². The van der Waals surface area contributed by atoms with Gasteiger partial charge in [0.2, 0.25) is 0 Å². The molecule has 0 saturated carbocycles. The molecule has 0 amide bonds. The van der Waals surface area contributed by atoms with Gasteiger partial charge in [0, 0.05) is 0 Å². The Balaban J connectivity index is 2.10. The second-order valence-electron chi connectivity index (χ2n) is 7.82. The summed E-state index contributed by atoms with van der Waals surface area (Å²) in [6.45, 7) is 4.97. The zero-order valence-corrected chi connectivity index (χ0v) is 22.3. The third kappa shape index (κ3) is 5.80. The van der Waals surface area contributed by atoms with Crippen LogP contribution in [0.25, 0.3) is 5.69 Å². The molecule has 3 aromatic rings. The summed E-state index contributed by atoms with van der Waals surface area (Å²) in [7, 11) is 0. The van der Waals surface area contributed by atoms with E-state index in [2.05, 4.69) is 5.10 Å². The van der Waals surface area contributed by atoms with Crippen molar-refractivity contribution in [1.29, 1.82) is 0 Å². The van der Waals surface area contributed by atoms with Crippen LogP contribution in [0.4, 0.5) is 0 Å². The Kier molecular flexibility index (Phi) is 7.46. The first-order valence-electron chi connectivity index (χ1n) is 10.1. The third-order valence-corrected chi connectivity index (χ3v) is 9.04. The molecule has 0 aliphatic heterocycles. The van der Waals surface area contributed by atoms with Crippen molar-refractivity contribution in [1.82, 2.24) is 9.78 Å². The molecule has 0 aliphatic carbocycles. The van der Waals surface area contributed by atoms with Crippen molar-refractivity contribution in [2.75, 3.05) is 0 Å². The van der Waals surface area contributed by atoms with E-state index in [-0.39, 0.29) is 11.6 Å². The van der Waals surface area contributed by atoms with Crippen LogP contribution in [-0.2, 0) is 7.87 Å². The number of aryl methyl sites for hydroxylation is 1. The summed E-state index contributed by atoms with van der Waals surface area (Å²) in [5.41, 5.74) is 2.16. The summed E-state index contributed by atoms with van der Waals surface area (Å²) in [4.78, 5) is 28.7. The summed E-state index contributed by atoms with van der Waals surface area (Å²) in [6.07, 6.45) is 1.43. The second kappa shape index (κ2) is 9.92. The van der Waals surface area contributed by atoms with Crippen LogP contribution in [0.2, 0.25) is 14.9 Å². The molecule has 3 rings (SSSR count). The molecule has 1 heterocycles. The van der Waals surface area contributed by atoms with Crippen LogP contribution in [0.15, 0.2) is 66.4 Å². The minimum absolute atomic E-state index is 0.103. The van der Waals surface area contributed by atoms with E-state index in [0.717, 1.165) is 5.69 Å². The number of para-hydroxylation sites is 1. The maximum absolute atomic E-state index is 13.4. The van der Waals surface area contributed by atoms with E-state index in [1.807, 2.05) is 40.2 Å². The maximum atomic E-state index is 13.4. The monoisotopic (exact) mass is 560 g/mol. The summed E-state index contributed by atoms with van der Waals surface area (Å²) >= 11 is 2.27. The first kappa shape index (κ1) is 24.1. The van der Waals surface area contributed by atoms with Crippen molar-refractivity contribution >= 4 is 42.4 Å². The molecule has 0 bridgehead atoms. The van der Waals surface area contributed by atoms with E-state index in [0.29, 0.717) is 33.5 Å². The number of carbonyl (C=O) groups excluding carboxylic acids is 2. The Hall–Kier alpha value is -2.58. The van der Waals surface area contributed by atoms with Gasteiger partial charge in [-0.15, -0.1) is 0 Å². The molecular formula is C24H25ClN2O4Sn. The number of carbonyl (C=O) groups is 2. The van der Waals surface area contributed by atoms with Crippen LogP contribution in [0.3, 0.4) is 0 Å². The van der Waals surface area contributed by atoms with Gasteiger partial charge in [0.1, 0.15) is 0 Å². The predicted molar refractivity (Wildman–Crippen MR) is 127 cm³/mol. The van der Waals surface area contributed by atoms with E-state index in [1.54, 1.807) is 42.8 Å². The fourth-order valence-corrected chi connectivity index (χ4v) is 7.80. The van der Waals surface area contributed by atoms with Crippen molar-refractivity contribution in [2.45, 2.75) is 30.7 Å². The Morgan fingerprint density at radius 3 is 2.25 bits per heavy atom. The summed E-state index contributed by atoms with van der Waals surface area (Å²) in [5, 5.41) is 5.16. The van der Waals surface area contributed by atoms with Crippen LogP contribution in [0.1, 0.15) is 35.5 Å². The van der Waals surface area contributed by atoms with Crippen molar-refractivity contribution in [3.8, 4) is 11.6 Å². The van der Waals surface area contributed by atoms with Crippen LogP contribution in [0.5, 0.6) is 5.88 Å². The molecule has 1 aromatic heterocycles. The molecule has 8 heteroatoms. The van der Waals surface area contributed by atoms with E-state index < -0.39 is 19.2 Å². The number of allylic oxidation sites excluding steroid dienone is 2. The van der Waals surface area contributed by atoms with Gasteiger partial charge in [0.15, 0.2) is 0 Å². The quantitative estimate of drug-likeness (QED) is 0.154. The van der Waals surface area contributed by atoms with Gasteiger partial charge in [-0.05, 0) is 0 Å². The molecule has 0 N–H and O–H groups in total. The molecule has 2 aromatic carbocycles. The van der Waals surface area contributed by atoms with E-state index in [9.17, 15) is 9.59 Å². The molecule has 0 aliphatic rings. The zero-order valence-electron chi connectivity index (χ0n) is 18.7. The molecule has 0 fully saturated rings. The Morgan fingerprint density at radius 2 is 1.66 bits per heavy atom. The number of nitrogens with zero attached hydrogens (tertiary/aromatic N) is 2. The van der Waals surface area contributed by atoms with Gasteiger partial charge in [-0.3, -0.25) is 0 Å². The Bertz CT molecular complexity index is 1170. The van der Waals surface area contributed by atoms with Crippen LogP contribution >= 0.6 is 11.6 Å². The summed E-state index contributed by atoms with van der Waals surface area (Å²) in [5.74, 6) is 0.513. The van der Waals surface area contributed by atoms with Crippen molar-refractivity contribution in [3.63, 3.8) is 0 Å². The standard InChI is InChI=1S/C17H13ClN2O2.C5H8O2.2CH3.Sn/c1-11-15(16(21)12-7-9-13(18)10-8-12)17(22)20(19-11)14-5-3-2-4-6-14;1-4(6)3-5(2)7;;;/h2-10,22H,1H3;3,6H,1-2H3;2*1H3;/q;;;;+2/p-2/b;4-3-;;;. The minimum atomic E-state index is -3.73. The molecule has 32 heavy (non-hydrogen) atoms. The van der Waals surface area contributed by atoms with E-state index in [1.165, 1.54) is 13.0 Å². The van der Waals surface area contributed by atoms with E-state index >= 15 is 0 Å². The number of ketones is 2. The molecule has 6 nitrogen and oxygen atoms in total. The van der Waals surface area contributed by atoms with Crippen molar-refractivity contribution in [3.05, 3.63) is 88.3 Å². The first-order chi connectivity index (χ1) is 15.1. The molecule has 0 unspecified atom stereocenters. The summed E-state index contributed by atoms with van der Waals surface area (Å²) in [6, 6.07) is 16.2. The SMILES string of the molecule is CC(=O)/C=C(/C)[O][Sn]([CH3])([CH3])[O]c1c(C(=O)c2ccc(Cl)cc2)c(C)nn1-c1ccccc1. The van der Waals surface area contributed by atoms with Gasteiger partial charge < -0.3 is 0 Å². The van der Waals surface area contributed by atoms with Gasteiger partial charge in [-0.25, -0.2) is 0 Å². The normalized spacial score (nSPS) is 11.9. The number of aromatic nitrogens is 2. The molecule has 0 spiro atoms. The first-order valence-corrected chi connectivity index (χ1v) is 18.5. The number of hydrogen-bond acceptors (Lipinski definition) is 5. The zero-order chi connectivity index (χ0) is 23.5. The van der Waals surface area contributed by atoms with Gasteiger partial charge in [-0.2, -0.15) is 0 Å². The average Bonchev–Trinajstić information content (AvgIpc) is 3.02. The Morgan fingerprint density at radius 1 is 1.03 bits per heavy atom. The molecule has 0 saturated heterocycles. The molecule has 0 radical (unpaired) electrons. The number of benzene rings is 2. The molecular weight excluding hydrogens is 534 g/mol. The van der Waals surface area contributed by atoms with Gasteiger partial charge >= 0.3 is 198 Å². The third-order valence-electron chi connectivity index (χ3n) is 4.51. The number of hydrogen-bond donors (Lipinski definition) is 0. The average molecular weight is 560 g/mol. The van der Waals surface area contributed by atoms with Crippen LogP contribution < -0.4 is 3.07 Å². The Labute approximate surface area is 197 Å². The number of rotatable bonds is 8. The number of halogens is 1. The van der Waals surface area contributed by atoms with E-state index in [4.69, 9.17) is 17.7 Å². The van der Waals surface area contributed by atoms with Crippen molar-refractivity contribution < 1.29 is 15.7 Å². The second-order valence-corrected chi connectivity index (χ2v) is 17.4. The summed E-state index contributed by atoms with van der Waals surface area (Å²) < 4.78 is 14.1. The molecule has 166 valence electrons. The fourth-order valence-electron chi connectivity index (χ4n) is 3.31. The van der Waals surface area contributed by atoms with Crippen LogP contribution in [0, 0.1) is 6.92 Å². The van der Waals surface area contributed by atoms with Crippen LogP contribution in [-0.4, -0.2) is 40.6 Å². The topological polar surface area (TPSA) is 70.4 Å². The fraction of sp³-hybridized carbons (Fsp3) is 0.208. The predicted octanol–water partition coefficient (Wildman–Crippen LogP) is 5.66. The molecule has 0 atom stereocenters.